The Morgan fingerprint density at radius 3 is 2.93 bits per heavy atom. The van der Waals surface area contributed by atoms with E-state index in [0.717, 1.165) is 11.1 Å². The molecule has 1 aromatic carbocycles. The number of hydrogen-bond donors (Lipinski definition) is 0. The summed E-state index contributed by atoms with van der Waals surface area (Å²) in [5.74, 6) is 0. The highest BCUT2D eigenvalue weighted by atomic mass is 16.6. The van der Waals surface area contributed by atoms with E-state index < -0.39 is 4.92 Å². The minimum absolute atomic E-state index is 0.129. The fourth-order valence-corrected chi connectivity index (χ4v) is 1.23. The first-order valence-electron chi connectivity index (χ1n) is 4.54. The van der Waals surface area contributed by atoms with Crippen molar-refractivity contribution in [2.75, 3.05) is 7.11 Å². The molecule has 0 bridgehead atoms. The number of nitro groups is 1. The third kappa shape index (κ3) is 3.52. The maximum Gasteiger partial charge on any atom is 0.243 e. The predicted molar refractivity (Wildman–Crippen MR) is 57.8 cm³/mol. The molecule has 1 aromatic rings. The standard InChI is InChI=1S/C11H13NO3/c1-9(12(13)14)6-10-4-3-5-11(7-10)8-15-2/h3-7H,8H2,1-2H3. The lowest BCUT2D eigenvalue weighted by atomic mass is 10.1. The van der Waals surface area contributed by atoms with Gasteiger partial charge in [0, 0.05) is 20.1 Å². The number of hydrogen-bond acceptors (Lipinski definition) is 3. The van der Waals surface area contributed by atoms with Crippen LogP contribution in [0.4, 0.5) is 0 Å². The number of allylic oxidation sites excluding steroid dienone is 1. The molecular weight excluding hydrogens is 194 g/mol. The van der Waals surface area contributed by atoms with Gasteiger partial charge in [0.2, 0.25) is 5.70 Å². The Bertz CT molecular complexity index is 385. The van der Waals surface area contributed by atoms with E-state index in [1.165, 1.54) is 6.92 Å². The largest absolute Gasteiger partial charge is 0.380 e. The van der Waals surface area contributed by atoms with Crippen molar-refractivity contribution in [1.29, 1.82) is 0 Å². The van der Waals surface area contributed by atoms with Gasteiger partial charge in [-0.25, -0.2) is 0 Å². The molecule has 0 saturated heterocycles. The van der Waals surface area contributed by atoms with Crippen LogP contribution in [0.2, 0.25) is 0 Å². The zero-order chi connectivity index (χ0) is 11.3. The second-order valence-electron chi connectivity index (χ2n) is 3.22. The maximum atomic E-state index is 10.4. The van der Waals surface area contributed by atoms with Crippen molar-refractivity contribution in [3.8, 4) is 0 Å². The van der Waals surface area contributed by atoms with Crippen molar-refractivity contribution >= 4 is 6.08 Å². The highest BCUT2D eigenvalue weighted by Gasteiger charge is 2.02. The Balaban J connectivity index is 2.91. The minimum atomic E-state index is -0.400. The Morgan fingerprint density at radius 1 is 1.60 bits per heavy atom. The lowest BCUT2D eigenvalue weighted by Crippen LogP contribution is -1.93. The topological polar surface area (TPSA) is 52.4 Å². The van der Waals surface area contributed by atoms with Crippen LogP contribution in [0.15, 0.2) is 30.0 Å². The first kappa shape index (κ1) is 11.4. The molecule has 0 fully saturated rings. The first-order chi connectivity index (χ1) is 7.13. The number of nitrogens with zero attached hydrogens (tertiary/aromatic N) is 1. The summed E-state index contributed by atoms with van der Waals surface area (Å²) in [5, 5.41) is 10.4. The molecule has 0 spiro atoms. The third-order valence-corrected chi connectivity index (χ3v) is 1.93. The van der Waals surface area contributed by atoms with E-state index in [1.807, 2.05) is 24.3 Å². The summed E-state index contributed by atoms with van der Waals surface area (Å²) in [6.45, 7) is 1.99. The van der Waals surface area contributed by atoms with Crippen LogP contribution in [-0.4, -0.2) is 12.0 Å². The van der Waals surface area contributed by atoms with Crippen LogP contribution >= 0.6 is 0 Å². The Kier molecular flexibility index (Phi) is 4.00. The van der Waals surface area contributed by atoms with Gasteiger partial charge in [0.05, 0.1) is 11.5 Å². The van der Waals surface area contributed by atoms with Gasteiger partial charge in [-0.05, 0) is 17.2 Å². The molecule has 0 aromatic heterocycles. The molecule has 0 saturated carbocycles. The molecule has 80 valence electrons. The van der Waals surface area contributed by atoms with Crippen molar-refractivity contribution in [2.24, 2.45) is 0 Å². The van der Waals surface area contributed by atoms with E-state index in [9.17, 15) is 10.1 Å². The zero-order valence-electron chi connectivity index (χ0n) is 8.77. The second kappa shape index (κ2) is 5.26. The van der Waals surface area contributed by atoms with E-state index in [-0.39, 0.29) is 5.70 Å². The van der Waals surface area contributed by atoms with Gasteiger partial charge < -0.3 is 4.74 Å². The lowest BCUT2D eigenvalue weighted by Gasteiger charge is -2.00. The van der Waals surface area contributed by atoms with Gasteiger partial charge in [0.25, 0.3) is 0 Å². The van der Waals surface area contributed by atoms with Crippen LogP contribution in [0.25, 0.3) is 6.08 Å². The molecule has 0 unspecified atom stereocenters. The number of ether oxygens (including phenoxy) is 1. The molecule has 4 heteroatoms. The van der Waals surface area contributed by atoms with Crippen molar-refractivity contribution in [3.63, 3.8) is 0 Å². The molecule has 0 amide bonds. The maximum absolute atomic E-state index is 10.4. The molecule has 4 nitrogen and oxygen atoms in total. The quantitative estimate of drug-likeness (QED) is 0.563. The normalized spacial score (nSPS) is 11.5. The molecule has 0 aliphatic rings. The summed E-state index contributed by atoms with van der Waals surface area (Å²) in [6, 6.07) is 7.47. The van der Waals surface area contributed by atoms with Gasteiger partial charge in [-0.1, -0.05) is 18.2 Å². The smallest absolute Gasteiger partial charge is 0.243 e. The summed E-state index contributed by atoms with van der Waals surface area (Å²) in [5.41, 5.74) is 1.95. The lowest BCUT2D eigenvalue weighted by molar-refractivity contribution is -0.422. The van der Waals surface area contributed by atoms with Crippen LogP contribution in [0.5, 0.6) is 0 Å². The Hall–Kier alpha value is -1.68. The fraction of sp³-hybridized carbons (Fsp3) is 0.273. The summed E-state index contributed by atoms with van der Waals surface area (Å²) >= 11 is 0. The minimum Gasteiger partial charge on any atom is -0.380 e. The Labute approximate surface area is 88.3 Å². The fourth-order valence-electron chi connectivity index (χ4n) is 1.23. The average Bonchev–Trinajstić information content (AvgIpc) is 2.18. The molecule has 0 radical (unpaired) electrons. The highest BCUT2D eigenvalue weighted by molar-refractivity contribution is 5.51. The van der Waals surface area contributed by atoms with Gasteiger partial charge in [0.1, 0.15) is 0 Å². The SMILES string of the molecule is COCc1cccc(C=C(C)[N+](=O)[O-])c1. The first-order valence-corrected chi connectivity index (χ1v) is 4.54. The van der Waals surface area contributed by atoms with Gasteiger partial charge in [-0.3, -0.25) is 10.1 Å². The number of methoxy groups -OCH3 is 1. The van der Waals surface area contributed by atoms with Gasteiger partial charge in [-0.2, -0.15) is 0 Å². The summed E-state index contributed by atoms with van der Waals surface area (Å²) in [7, 11) is 1.62. The molecular formula is C11H13NO3. The van der Waals surface area contributed by atoms with Crippen molar-refractivity contribution in [2.45, 2.75) is 13.5 Å². The molecule has 0 atom stereocenters. The van der Waals surface area contributed by atoms with E-state index in [2.05, 4.69) is 0 Å². The monoisotopic (exact) mass is 207 g/mol. The van der Waals surface area contributed by atoms with Crippen molar-refractivity contribution < 1.29 is 9.66 Å². The van der Waals surface area contributed by atoms with Crippen molar-refractivity contribution in [3.05, 3.63) is 51.2 Å². The predicted octanol–water partition coefficient (Wildman–Crippen LogP) is 2.47. The van der Waals surface area contributed by atoms with Crippen LogP contribution in [0, 0.1) is 10.1 Å². The van der Waals surface area contributed by atoms with Gasteiger partial charge in [0.15, 0.2) is 0 Å². The van der Waals surface area contributed by atoms with Crippen LogP contribution in [0.1, 0.15) is 18.1 Å². The molecule has 1 rings (SSSR count). The van der Waals surface area contributed by atoms with Crippen LogP contribution < -0.4 is 0 Å². The number of rotatable bonds is 4. The summed E-state index contributed by atoms with van der Waals surface area (Å²) < 4.78 is 4.98. The molecule has 15 heavy (non-hydrogen) atoms. The molecule has 0 aliphatic heterocycles. The molecule has 0 N–H and O–H groups in total. The number of benzene rings is 1. The molecule has 0 aliphatic carbocycles. The second-order valence-corrected chi connectivity index (χ2v) is 3.22. The summed E-state index contributed by atoms with van der Waals surface area (Å²) in [4.78, 5) is 10.0. The van der Waals surface area contributed by atoms with Gasteiger partial charge in [-0.15, -0.1) is 0 Å². The average molecular weight is 207 g/mol. The van der Waals surface area contributed by atoms with Crippen molar-refractivity contribution in [1.82, 2.24) is 0 Å². The van der Waals surface area contributed by atoms with E-state index in [1.54, 1.807) is 13.2 Å². The zero-order valence-corrected chi connectivity index (χ0v) is 8.77. The van der Waals surface area contributed by atoms with Crippen LogP contribution in [-0.2, 0) is 11.3 Å². The van der Waals surface area contributed by atoms with E-state index in [0.29, 0.717) is 6.61 Å². The Morgan fingerprint density at radius 2 is 2.33 bits per heavy atom. The molecule has 0 heterocycles. The summed E-state index contributed by atoms with van der Waals surface area (Å²) in [6.07, 6.45) is 1.54. The van der Waals surface area contributed by atoms with E-state index in [4.69, 9.17) is 4.74 Å². The van der Waals surface area contributed by atoms with E-state index >= 15 is 0 Å². The van der Waals surface area contributed by atoms with Crippen LogP contribution in [0.3, 0.4) is 0 Å². The van der Waals surface area contributed by atoms with Gasteiger partial charge >= 0.3 is 0 Å². The highest BCUT2D eigenvalue weighted by Crippen LogP contribution is 2.10. The third-order valence-electron chi connectivity index (χ3n) is 1.93.